The Morgan fingerprint density at radius 2 is 1.97 bits per heavy atom. The summed E-state index contributed by atoms with van der Waals surface area (Å²) in [5, 5.41) is 22.9. The number of hydrogen-bond donors (Lipinski definition) is 3. The Hall–Kier alpha value is -3.11. The molecule has 166 valence electrons. The lowest BCUT2D eigenvalue weighted by Crippen LogP contribution is -2.36. The highest BCUT2D eigenvalue weighted by molar-refractivity contribution is 5.86. The van der Waals surface area contributed by atoms with Gasteiger partial charge in [0.2, 0.25) is 0 Å². The molecular formula is C23H25N5O4. The lowest BCUT2D eigenvalue weighted by atomic mass is 9.98. The third kappa shape index (κ3) is 3.39. The van der Waals surface area contributed by atoms with Crippen molar-refractivity contribution in [1.29, 1.82) is 0 Å². The number of aliphatic hydroxyl groups excluding tert-OH is 2. The highest BCUT2D eigenvalue weighted by atomic mass is 16.6. The van der Waals surface area contributed by atoms with Crippen molar-refractivity contribution in [3.05, 3.63) is 60.7 Å². The molecule has 1 saturated heterocycles. The van der Waals surface area contributed by atoms with Gasteiger partial charge in [-0.15, -0.1) is 0 Å². The van der Waals surface area contributed by atoms with E-state index in [0.717, 1.165) is 16.3 Å². The summed E-state index contributed by atoms with van der Waals surface area (Å²) in [5.74, 6) is 0.255. The summed E-state index contributed by atoms with van der Waals surface area (Å²) < 4.78 is 14.2. The smallest absolute Gasteiger partial charge is 0.167 e. The van der Waals surface area contributed by atoms with Crippen molar-refractivity contribution in [2.45, 2.75) is 44.0 Å². The molecule has 2 aromatic heterocycles. The van der Waals surface area contributed by atoms with Gasteiger partial charge in [0.1, 0.15) is 30.2 Å². The van der Waals surface area contributed by atoms with Crippen LogP contribution in [0.2, 0.25) is 0 Å². The summed E-state index contributed by atoms with van der Waals surface area (Å²) in [6.45, 7) is 1.69. The lowest BCUT2D eigenvalue weighted by Gasteiger charge is -2.28. The van der Waals surface area contributed by atoms with Gasteiger partial charge in [-0.1, -0.05) is 49.4 Å². The van der Waals surface area contributed by atoms with Crippen molar-refractivity contribution < 1.29 is 19.7 Å². The Morgan fingerprint density at radius 3 is 2.78 bits per heavy atom. The average molecular weight is 435 g/mol. The summed E-state index contributed by atoms with van der Waals surface area (Å²) in [6, 6.07) is 14.2. The molecule has 0 radical (unpaired) electrons. The number of imidazole rings is 1. The molecule has 5 rings (SSSR count). The first kappa shape index (κ1) is 20.8. The molecule has 4 aromatic rings. The monoisotopic (exact) mass is 435 g/mol. The van der Waals surface area contributed by atoms with Gasteiger partial charge in [-0.3, -0.25) is 4.57 Å². The molecule has 1 unspecified atom stereocenters. The number of benzene rings is 2. The Kier molecular flexibility index (Phi) is 5.48. The maximum absolute atomic E-state index is 10.9. The Bertz CT molecular complexity index is 1240. The molecule has 0 saturated carbocycles. The maximum Gasteiger partial charge on any atom is 0.167 e. The summed E-state index contributed by atoms with van der Waals surface area (Å²) in [5.41, 5.74) is 7.87. The number of aliphatic hydroxyl groups is 2. The van der Waals surface area contributed by atoms with Crippen LogP contribution in [0.15, 0.2) is 55.1 Å². The van der Waals surface area contributed by atoms with E-state index in [0.29, 0.717) is 17.6 Å². The second-order valence-corrected chi connectivity index (χ2v) is 7.89. The van der Waals surface area contributed by atoms with Gasteiger partial charge in [0.15, 0.2) is 17.7 Å². The second-order valence-electron chi connectivity index (χ2n) is 7.89. The molecule has 0 aliphatic carbocycles. The van der Waals surface area contributed by atoms with Crippen LogP contribution < -0.4 is 5.73 Å². The normalized spacial score (nSPS) is 24.3. The molecule has 9 heteroatoms. The van der Waals surface area contributed by atoms with Crippen LogP contribution in [-0.2, 0) is 9.47 Å². The van der Waals surface area contributed by atoms with E-state index in [9.17, 15) is 10.2 Å². The van der Waals surface area contributed by atoms with Gasteiger partial charge < -0.3 is 25.4 Å². The van der Waals surface area contributed by atoms with Gasteiger partial charge in [-0.25, -0.2) is 15.0 Å². The minimum Gasteiger partial charge on any atom is -0.394 e. The maximum atomic E-state index is 10.9. The first-order valence-corrected chi connectivity index (χ1v) is 10.6. The predicted molar refractivity (Wildman–Crippen MR) is 119 cm³/mol. The fourth-order valence-corrected chi connectivity index (χ4v) is 4.41. The van der Waals surface area contributed by atoms with Crippen molar-refractivity contribution in [3.63, 3.8) is 0 Å². The molecule has 32 heavy (non-hydrogen) atoms. The topological polar surface area (TPSA) is 129 Å². The van der Waals surface area contributed by atoms with Crippen molar-refractivity contribution in [3.8, 4) is 0 Å². The SMILES string of the molecule is CCC(O[C@@H]1[C@H](O)[C@@H](CO)O[C@H]1n1cnc2c(N)ncnc21)c1cccc2ccccc12. The zero-order chi connectivity index (χ0) is 22.2. The zero-order valence-electron chi connectivity index (χ0n) is 17.6. The molecule has 0 bridgehead atoms. The van der Waals surface area contributed by atoms with E-state index in [1.165, 1.54) is 6.33 Å². The van der Waals surface area contributed by atoms with E-state index < -0.39 is 24.5 Å². The third-order valence-corrected chi connectivity index (χ3v) is 6.02. The standard InChI is InChI=1S/C23H25N5O4/c1-2-16(15-9-5-7-13-6-3-4-8-14(13)15)31-20-19(30)17(10-29)32-23(20)28-12-27-18-21(24)25-11-26-22(18)28/h3-9,11-12,16-17,19-20,23,29-30H,2,10H2,1H3,(H2,24,25,26)/t16?,17-,19-,20-,23-/m1/s1. The summed E-state index contributed by atoms with van der Waals surface area (Å²) in [7, 11) is 0. The molecule has 1 aliphatic heterocycles. The highest BCUT2D eigenvalue weighted by Crippen LogP contribution is 2.38. The summed E-state index contributed by atoms with van der Waals surface area (Å²) in [6.07, 6.45) is -0.0486. The highest BCUT2D eigenvalue weighted by Gasteiger charge is 2.47. The van der Waals surface area contributed by atoms with Crippen LogP contribution in [-0.4, -0.2) is 54.7 Å². The minimum atomic E-state index is -1.04. The van der Waals surface area contributed by atoms with Gasteiger partial charge in [-0.2, -0.15) is 0 Å². The van der Waals surface area contributed by atoms with Gasteiger partial charge in [0.05, 0.1) is 19.0 Å². The van der Waals surface area contributed by atoms with Crippen LogP contribution >= 0.6 is 0 Å². The van der Waals surface area contributed by atoms with Crippen LogP contribution in [0.25, 0.3) is 21.9 Å². The fraction of sp³-hybridized carbons (Fsp3) is 0.348. The zero-order valence-corrected chi connectivity index (χ0v) is 17.6. The average Bonchev–Trinajstić information content (AvgIpc) is 3.39. The van der Waals surface area contributed by atoms with E-state index in [2.05, 4.69) is 33.2 Å². The van der Waals surface area contributed by atoms with Gasteiger partial charge in [0.25, 0.3) is 0 Å². The van der Waals surface area contributed by atoms with Crippen molar-refractivity contribution in [2.24, 2.45) is 0 Å². The van der Waals surface area contributed by atoms with E-state index >= 15 is 0 Å². The van der Waals surface area contributed by atoms with E-state index in [-0.39, 0.29) is 18.5 Å². The molecule has 3 heterocycles. The first-order chi connectivity index (χ1) is 15.6. The Balaban J connectivity index is 1.53. The molecule has 4 N–H and O–H groups in total. The second kappa shape index (κ2) is 8.44. The van der Waals surface area contributed by atoms with Crippen LogP contribution in [0.3, 0.4) is 0 Å². The van der Waals surface area contributed by atoms with Gasteiger partial charge in [0, 0.05) is 0 Å². The lowest BCUT2D eigenvalue weighted by molar-refractivity contribution is -0.102. The van der Waals surface area contributed by atoms with Crippen LogP contribution in [0.1, 0.15) is 31.2 Å². The number of fused-ring (bicyclic) bond motifs is 2. The largest absolute Gasteiger partial charge is 0.394 e. The van der Waals surface area contributed by atoms with Crippen LogP contribution in [0.5, 0.6) is 0 Å². The number of aromatic nitrogens is 4. The van der Waals surface area contributed by atoms with Crippen molar-refractivity contribution >= 4 is 27.8 Å². The van der Waals surface area contributed by atoms with Gasteiger partial charge in [-0.05, 0) is 22.8 Å². The number of nitrogen functional groups attached to an aromatic ring is 1. The minimum absolute atomic E-state index is 0.255. The number of anilines is 1. The number of nitrogens with zero attached hydrogens (tertiary/aromatic N) is 4. The van der Waals surface area contributed by atoms with Gasteiger partial charge >= 0.3 is 0 Å². The number of hydrogen-bond acceptors (Lipinski definition) is 8. The predicted octanol–water partition coefficient (Wildman–Crippen LogP) is 2.35. The molecule has 0 spiro atoms. The first-order valence-electron chi connectivity index (χ1n) is 10.6. The van der Waals surface area contributed by atoms with Crippen molar-refractivity contribution in [2.75, 3.05) is 12.3 Å². The third-order valence-electron chi connectivity index (χ3n) is 6.02. The molecular weight excluding hydrogens is 410 g/mol. The summed E-state index contributed by atoms with van der Waals surface area (Å²) >= 11 is 0. The Labute approximate surface area is 184 Å². The fourth-order valence-electron chi connectivity index (χ4n) is 4.41. The molecule has 0 amide bonds. The van der Waals surface area contributed by atoms with E-state index in [1.807, 2.05) is 31.2 Å². The molecule has 1 fully saturated rings. The Morgan fingerprint density at radius 1 is 1.16 bits per heavy atom. The van der Waals surface area contributed by atoms with E-state index in [4.69, 9.17) is 15.2 Å². The van der Waals surface area contributed by atoms with Crippen LogP contribution in [0, 0.1) is 0 Å². The molecule has 1 aliphatic rings. The summed E-state index contributed by atoms with van der Waals surface area (Å²) in [4.78, 5) is 12.6. The quantitative estimate of drug-likeness (QED) is 0.421. The number of rotatable bonds is 6. The van der Waals surface area contributed by atoms with Crippen molar-refractivity contribution in [1.82, 2.24) is 19.5 Å². The number of nitrogens with two attached hydrogens (primary N) is 1. The molecule has 9 nitrogen and oxygen atoms in total. The molecule has 5 atom stereocenters. The number of ether oxygens (including phenoxy) is 2. The molecule has 2 aromatic carbocycles. The van der Waals surface area contributed by atoms with E-state index in [1.54, 1.807) is 10.9 Å². The van der Waals surface area contributed by atoms with Crippen LogP contribution in [0.4, 0.5) is 5.82 Å².